The highest BCUT2D eigenvalue weighted by Crippen LogP contribution is 2.29. The number of urea groups is 1. The molecule has 0 saturated heterocycles. The number of nitrogens with zero attached hydrogens (tertiary/aromatic N) is 1. The van der Waals surface area contributed by atoms with Gasteiger partial charge in [-0.1, -0.05) is 0 Å². The second-order valence-electron chi connectivity index (χ2n) is 6.62. The Morgan fingerprint density at radius 1 is 0.903 bits per heavy atom. The predicted molar refractivity (Wildman–Crippen MR) is 117 cm³/mol. The number of ether oxygens (including phenoxy) is 2. The standard InChI is InChI=1S/C23H17N3O5/c1-29-16-6-7-17-18(11-16)19-9-14(5-8-20(19)31-22(17)27)25-23(28)26-15-4-3-13(12-24)21(10-15)30-2/h3-11H,1-2H3,(H2,25,26,28). The summed E-state index contributed by atoms with van der Waals surface area (Å²) >= 11 is 0. The highest BCUT2D eigenvalue weighted by atomic mass is 16.5. The molecule has 4 rings (SSSR count). The molecule has 0 atom stereocenters. The van der Waals surface area contributed by atoms with E-state index in [4.69, 9.17) is 19.2 Å². The summed E-state index contributed by atoms with van der Waals surface area (Å²) in [5.74, 6) is 0.965. The molecule has 0 aliphatic carbocycles. The number of benzene rings is 3. The zero-order valence-corrected chi connectivity index (χ0v) is 16.7. The van der Waals surface area contributed by atoms with E-state index in [1.165, 1.54) is 7.11 Å². The number of fused-ring (bicyclic) bond motifs is 3. The number of amides is 2. The topological polar surface area (TPSA) is 114 Å². The Labute approximate surface area is 176 Å². The zero-order valence-electron chi connectivity index (χ0n) is 16.7. The summed E-state index contributed by atoms with van der Waals surface area (Å²) in [6, 6.07) is 16.3. The summed E-state index contributed by atoms with van der Waals surface area (Å²) in [5.41, 5.74) is 1.29. The normalized spacial score (nSPS) is 10.5. The van der Waals surface area contributed by atoms with E-state index in [0.29, 0.717) is 50.2 Å². The molecule has 0 aliphatic rings. The molecule has 8 nitrogen and oxygen atoms in total. The molecular formula is C23H17N3O5. The summed E-state index contributed by atoms with van der Waals surface area (Å²) in [6.07, 6.45) is 0. The summed E-state index contributed by atoms with van der Waals surface area (Å²) < 4.78 is 15.8. The smallest absolute Gasteiger partial charge is 0.344 e. The maximum absolute atomic E-state index is 12.5. The quantitative estimate of drug-likeness (QED) is 0.375. The minimum atomic E-state index is -0.481. The fraction of sp³-hybridized carbons (Fsp3) is 0.0870. The van der Waals surface area contributed by atoms with Gasteiger partial charge in [0, 0.05) is 28.2 Å². The number of carbonyl (C=O) groups is 1. The Kier molecular flexibility index (Phi) is 5.16. The van der Waals surface area contributed by atoms with Gasteiger partial charge in [-0.25, -0.2) is 9.59 Å². The van der Waals surface area contributed by atoms with Gasteiger partial charge in [0.25, 0.3) is 0 Å². The summed E-state index contributed by atoms with van der Waals surface area (Å²) in [5, 5.41) is 16.2. The SMILES string of the molecule is COc1ccc2c(=O)oc3ccc(NC(=O)Nc4ccc(C#N)c(OC)c4)cc3c2c1. The Balaban J connectivity index is 1.65. The second-order valence-corrected chi connectivity index (χ2v) is 6.62. The van der Waals surface area contributed by atoms with Crippen molar-refractivity contribution in [3.63, 3.8) is 0 Å². The lowest BCUT2D eigenvalue weighted by Gasteiger charge is -2.11. The van der Waals surface area contributed by atoms with E-state index in [9.17, 15) is 9.59 Å². The Hall–Kier alpha value is -4.51. The monoisotopic (exact) mass is 415 g/mol. The average molecular weight is 415 g/mol. The average Bonchev–Trinajstić information content (AvgIpc) is 2.79. The number of nitriles is 1. The van der Waals surface area contributed by atoms with Gasteiger partial charge in [-0.3, -0.25) is 0 Å². The van der Waals surface area contributed by atoms with Crippen LogP contribution in [0.3, 0.4) is 0 Å². The largest absolute Gasteiger partial charge is 0.497 e. The molecule has 2 N–H and O–H groups in total. The van der Waals surface area contributed by atoms with Crippen LogP contribution in [0.15, 0.2) is 63.8 Å². The molecule has 1 heterocycles. The van der Waals surface area contributed by atoms with Crippen molar-refractivity contribution in [2.75, 3.05) is 24.9 Å². The lowest BCUT2D eigenvalue weighted by atomic mass is 10.1. The van der Waals surface area contributed by atoms with Crippen LogP contribution in [-0.4, -0.2) is 20.3 Å². The Morgan fingerprint density at radius 3 is 2.35 bits per heavy atom. The number of hydrogen-bond donors (Lipinski definition) is 2. The molecule has 0 fully saturated rings. The van der Waals surface area contributed by atoms with Crippen molar-refractivity contribution in [2.45, 2.75) is 0 Å². The van der Waals surface area contributed by atoms with E-state index < -0.39 is 11.7 Å². The second kappa shape index (κ2) is 8.08. The molecule has 0 aliphatic heterocycles. The van der Waals surface area contributed by atoms with Crippen LogP contribution in [-0.2, 0) is 0 Å². The van der Waals surface area contributed by atoms with E-state index in [2.05, 4.69) is 10.6 Å². The number of methoxy groups -OCH3 is 2. The molecule has 0 saturated carbocycles. The minimum Gasteiger partial charge on any atom is -0.497 e. The lowest BCUT2D eigenvalue weighted by molar-refractivity contribution is 0.262. The Morgan fingerprint density at radius 2 is 1.65 bits per heavy atom. The zero-order chi connectivity index (χ0) is 22.0. The van der Waals surface area contributed by atoms with E-state index in [-0.39, 0.29) is 0 Å². The van der Waals surface area contributed by atoms with Gasteiger partial charge in [-0.15, -0.1) is 0 Å². The third-order valence-corrected chi connectivity index (χ3v) is 4.76. The van der Waals surface area contributed by atoms with Crippen LogP contribution in [0.25, 0.3) is 21.7 Å². The molecular weight excluding hydrogens is 398 g/mol. The first-order chi connectivity index (χ1) is 15.0. The molecule has 0 radical (unpaired) electrons. The van der Waals surface area contributed by atoms with Crippen molar-refractivity contribution in [3.8, 4) is 17.6 Å². The van der Waals surface area contributed by atoms with E-state index in [0.717, 1.165) is 0 Å². The van der Waals surface area contributed by atoms with Crippen molar-refractivity contribution in [2.24, 2.45) is 0 Å². The van der Waals surface area contributed by atoms with Gasteiger partial charge >= 0.3 is 11.7 Å². The third kappa shape index (κ3) is 3.84. The predicted octanol–water partition coefficient (Wildman–Crippen LogP) is 4.48. The third-order valence-electron chi connectivity index (χ3n) is 4.76. The molecule has 2 amide bonds. The molecule has 0 unspecified atom stereocenters. The van der Waals surface area contributed by atoms with Gasteiger partial charge in [-0.05, 0) is 48.5 Å². The number of anilines is 2. The lowest BCUT2D eigenvalue weighted by Crippen LogP contribution is -2.19. The summed E-state index contributed by atoms with van der Waals surface area (Å²) in [7, 11) is 3.00. The van der Waals surface area contributed by atoms with E-state index >= 15 is 0 Å². The number of rotatable bonds is 4. The molecule has 154 valence electrons. The highest BCUT2D eigenvalue weighted by molar-refractivity contribution is 6.07. The molecule has 0 spiro atoms. The van der Waals surface area contributed by atoms with Crippen molar-refractivity contribution in [1.82, 2.24) is 0 Å². The molecule has 1 aromatic heterocycles. The minimum absolute atomic E-state index is 0.362. The van der Waals surface area contributed by atoms with Crippen LogP contribution in [0.1, 0.15) is 5.56 Å². The first kappa shape index (κ1) is 19.8. The van der Waals surface area contributed by atoms with Crippen molar-refractivity contribution in [3.05, 3.63) is 70.6 Å². The maximum atomic E-state index is 12.5. The summed E-state index contributed by atoms with van der Waals surface area (Å²) in [6.45, 7) is 0. The van der Waals surface area contributed by atoms with Crippen LogP contribution in [0, 0.1) is 11.3 Å². The van der Waals surface area contributed by atoms with Crippen LogP contribution in [0.5, 0.6) is 11.5 Å². The van der Waals surface area contributed by atoms with Crippen LogP contribution in [0.2, 0.25) is 0 Å². The van der Waals surface area contributed by atoms with Crippen LogP contribution < -0.4 is 25.7 Å². The van der Waals surface area contributed by atoms with Gasteiger partial charge in [0.2, 0.25) is 0 Å². The van der Waals surface area contributed by atoms with E-state index in [1.807, 2.05) is 6.07 Å². The molecule has 3 aromatic carbocycles. The Bertz CT molecular complexity index is 1420. The fourth-order valence-electron chi connectivity index (χ4n) is 3.27. The van der Waals surface area contributed by atoms with Crippen LogP contribution in [0.4, 0.5) is 16.2 Å². The molecule has 4 aromatic rings. The van der Waals surface area contributed by atoms with Crippen molar-refractivity contribution >= 4 is 39.1 Å². The number of nitrogens with one attached hydrogen (secondary N) is 2. The van der Waals surface area contributed by atoms with Gasteiger partial charge in [0.05, 0.1) is 25.2 Å². The number of carbonyl (C=O) groups excluding carboxylic acids is 1. The van der Waals surface area contributed by atoms with E-state index in [1.54, 1.807) is 61.7 Å². The molecule has 31 heavy (non-hydrogen) atoms. The van der Waals surface area contributed by atoms with Crippen LogP contribution >= 0.6 is 0 Å². The molecule has 8 heteroatoms. The first-order valence-corrected chi connectivity index (χ1v) is 9.23. The van der Waals surface area contributed by atoms with Gasteiger partial charge in [-0.2, -0.15) is 5.26 Å². The van der Waals surface area contributed by atoms with Crippen molar-refractivity contribution in [1.29, 1.82) is 5.26 Å². The van der Waals surface area contributed by atoms with Crippen molar-refractivity contribution < 1.29 is 18.7 Å². The fourth-order valence-corrected chi connectivity index (χ4v) is 3.27. The highest BCUT2D eigenvalue weighted by Gasteiger charge is 2.11. The molecule has 0 bridgehead atoms. The van der Waals surface area contributed by atoms with Gasteiger partial charge in [0.15, 0.2) is 0 Å². The van der Waals surface area contributed by atoms with Gasteiger partial charge in [0.1, 0.15) is 23.2 Å². The number of hydrogen-bond acceptors (Lipinski definition) is 6. The first-order valence-electron chi connectivity index (χ1n) is 9.23. The maximum Gasteiger partial charge on any atom is 0.344 e. The summed E-state index contributed by atoms with van der Waals surface area (Å²) in [4.78, 5) is 24.7. The van der Waals surface area contributed by atoms with Gasteiger partial charge < -0.3 is 24.5 Å².